The van der Waals surface area contributed by atoms with E-state index in [-0.39, 0.29) is 11.8 Å². The van der Waals surface area contributed by atoms with Crippen molar-refractivity contribution in [1.82, 2.24) is 10.3 Å². The number of aryl methyl sites for hydroxylation is 1. The monoisotopic (exact) mass is 343 g/mol. The number of anilines is 1. The Hall–Kier alpha value is -2.40. The molecule has 0 bridgehead atoms. The van der Waals surface area contributed by atoms with Crippen LogP contribution in [-0.2, 0) is 16.0 Å². The summed E-state index contributed by atoms with van der Waals surface area (Å²) in [6, 6.07) is 10.5. The lowest BCUT2D eigenvalue weighted by molar-refractivity contribution is -0.126. The first-order valence-corrected chi connectivity index (χ1v) is 8.26. The molecule has 1 aliphatic rings. The highest BCUT2D eigenvalue weighted by Gasteiger charge is 2.33. The summed E-state index contributed by atoms with van der Waals surface area (Å²) in [4.78, 5) is 30.2. The zero-order valence-electron chi connectivity index (χ0n) is 13.1. The number of hydrogen-bond acceptors (Lipinski definition) is 3. The van der Waals surface area contributed by atoms with E-state index in [2.05, 4.69) is 10.3 Å². The number of rotatable bonds is 5. The van der Waals surface area contributed by atoms with Gasteiger partial charge in [-0.25, -0.2) is 0 Å². The molecular formula is C18H18ClN3O2. The molecule has 1 saturated heterocycles. The van der Waals surface area contributed by atoms with Crippen molar-refractivity contribution < 1.29 is 9.59 Å². The number of hydrogen-bond donors (Lipinski definition) is 1. The summed E-state index contributed by atoms with van der Waals surface area (Å²) in [5, 5.41) is 3.42. The Morgan fingerprint density at radius 1 is 1.29 bits per heavy atom. The van der Waals surface area contributed by atoms with Crippen molar-refractivity contribution in [3.05, 3.63) is 59.4 Å². The number of carbonyl (C=O) groups is 2. The third-order valence-corrected chi connectivity index (χ3v) is 4.29. The Morgan fingerprint density at radius 3 is 2.83 bits per heavy atom. The van der Waals surface area contributed by atoms with Gasteiger partial charge in [-0.3, -0.25) is 14.6 Å². The number of amides is 2. The predicted molar refractivity (Wildman–Crippen MR) is 92.9 cm³/mol. The third kappa shape index (κ3) is 3.92. The minimum atomic E-state index is -0.464. The predicted octanol–water partition coefficient (Wildman–Crippen LogP) is 2.59. The topological polar surface area (TPSA) is 62.3 Å². The minimum Gasteiger partial charge on any atom is -0.344 e. The number of pyridine rings is 1. The van der Waals surface area contributed by atoms with E-state index in [9.17, 15) is 9.59 Å². The molecule has 5 nitrogen and oxygen atoms in total. The molecule has 1 atom stereocenters. The van der Waals surface area contributed by atoms with Crippen molar-refractivity contribution in [3.63, 3.8) is 0 Å². The van der Waals surface area contributed by atoms with Crippen LogP contribution in [0.15, 0.2) is 48.8 Å². The van der Waals surface area contributed by atoms with E-state index in [4.69, 9.17) is 11.6 Å². The van der Waals surface area contributed by atoms with Crippen LogP contribution < -0.4 is 10.2 Å². The maximum Gasteiger partial charge on any atom is 0.249 e. The molecule has 0 saturated carbocycles. The second kappa shape index (κ2) is 7.45. The Kier molecular flexibility index (Phi) is 5.11. The Morgan fingerprint density at radius 2 is 2.08 bits per heavy atom. The first-order chi connectivity index (χ1) is 11.6. The number of carbonyl (C=O) groups excluding carboxylic acids is 2. The summed E-state index contributed by atoms with van der Waals surface area (Å²) in [6.07, 6.45) is 5.00. The number of benzene rings is 1. The van der Waals surface area contributed by atoms with Gasteiger partial charge in [0, 0.05) is 36.1 Å². The van der Waals surface area contributed by atoms with Crippen LogP contribution in [0.5, 0.6) is 0 Å². The van der Waals surface area contributed by atoms with Gasteiger partial charge in [-0.15, -0.1) is 0 Å². The maximum atomic E-state index is 12.5. The molecular weight excluding hydrogens is 326 g/mol. The van der Waals surface area contributed by atoms with Gasteiger partial charge in [0.05, 0.1) is 0 Å². The Bertz CT molecular complexity index is 736. The van der Waals surface area contributed by atoms with Gasteiger partial charge in [0.1, 0.15) is 6.04 Å². The van der Waals surface area contributed by atoms with Crippen molar-refractivity contribution in [2.75, 3.05) is 11.4 Å². The highest BCUT2D eigenvalue weighted by atomic mass is 35.5. The molecule has 2 aromatic rings. The van der Waals surface area contributed by atoms with Gasteiger partial charge in [0.2, 0.25) is 11.8 Å². The second-order valence-corrected chi connectivity index (χ2v) is 6.17. The van der Waals surface area contributed by atoms with Gasteiger partial charge < -0.3 is 10.2 Å². The van der Waals surface area contributed by atoms with Crippen LogP contribution in [0.1, 0.15) is 18.4 Å². The van der Waals surface area contributed by atoms with Crippen LogP contribution in [0.3, 0.4) is 0 Å². The summed E-state index contributed by atoms with van der Waals surface area (Å²) in [7, 11) is 0. The van der Waals surface area contributed by atoms with Crippen LogP contribution in [-0.4, -0.2) is 29.4 Å². The van der Waals surface area contributed by atoms with Crippen molar-refractivity contribution >= 4 is 29.1 Å². The minimum absolute atomic E-state index is 0.0884. The number of nitrogens with zero attached hydrogens (tertiary/aromatic N) is 2. The molecule has 1 fully saturated rings. The molecule has 3 rings (SSSR count). The highest BCUT2D eigenvalue weighted by molar-refractivity contribution is 6.31. The molecule has 6 heteroatoms. The molecule has 2 heterocycles. The van der Waals surface area contributed by atoms with Crippen molar-refractivity contribution in [3.8, 4) is 0 Å². The summed E-state index contributed by atoms with van der Waals surface area (Å²) in [5.74, 6) is -0.201. The smallest absolute Gasteiger partial charge is 0.249 e. The largest absolute Gasteiger partial charge is 0.344 e. The zero-order valence-corrected chi connectivity index (χ0v) is 13.9. The van der Waals surface area contributed by atoms with Gasteiger partial charge in [0.15, 0.2) is 0 Å². The fourth-order valence-corrected chi connectivity index (χ4v) is 2.97. The van der Waals surface area contributed by atoms with Crippen molar-refractivity contribution in [1.29, 1.82) is 0 Å². The molecule has 1 aromatic carbocycles. The van der Waals surface area contributed by atoms with Crippen LogP contribution in [0, 0.1) is 0 Å². The average molecular weight is 344 g/mol. The van der Waals surface area contributed by atoms with Crippen molar-refractivity contribution in [2.45, 2.75) is 25.3 Å². The summed E-state index contributed by atoms with van der Waals surface area (Å²) in [6.45, 7) is 0.578. The summed E-state index contributed by atoms with van der Waals surface area (Å²) in [5.41, 5.74) is 1.82. The standard InChI is InChI=1S/C18H18ClN3O2/c19-14-2-1-3-15(12-14)22-11-8-16(18(22)24)21-17(23)5-4-13-6-9-20-10-7-13/h1-3,6-7,9-10,12,16H,4-5,8,11H2,(H,21,23)/t16-/m1/s1. The lowest BCUT2D eigenvalue weighted by atomic mass is 10.1. The maximum absolute atomic E-state index is 12.5. The molecule has 1 aliphatic heterocycles. The third-order valence-electron chi connectivity index (χ3n) is 4.05. The van der Waals surface area contributed by atoms with Gasteiger partial charge in [-0.1, -0.05) is 17.7 Å². The van der Waals surface area contributed by atoms with E-state index in [1.807, 2.05) is 24.3 Å². The van der Waals surface area contributed by atoms with Crippen LogP contribution in [0.4, 0.5) is 5.69 Å². The number of halogens is 1. The van der Waals surface area contributed by atoms with E-state index >= 15 is 0 Å². The van der Waals surface area contributed by atoms with Crippen LogP contribution in [0.2, 0.25) is 5.02 Å². The van der Waals surface area contributed by atoms with Gasteiger partial charge in [0.25, 0.3) is 0 Å². The van der Waals surface area contributed by atoms with Crippen LogP contribution in [0.25, 0.3) is 0 Å². The molecule has 1 N–H and O–H groups in total. The van der Waals surface area contributed by atoms with E-state index in [0.717, 1.165) is 11.3 Å². The lowest BCUT2D eigenvalue weighted by Gasteiger charge is -2.17. The molecule has 0 aliphatic carbocycles. The van der Waals surface area contributed by atoms with E-state index < -0.39 is 6.04 Å². The quantitative estimate of drug-likeness (QED) is 0.907. The Balaban J connectivity index is 1.54. The van der Waals surface area contributed by atoms with E-state index in [1.54, 1.807) is 29.4 Å². The normalized spacial score (nSPS) is 17.1. The van der Waals surface area contributed by atoms with E-state index in [0.29, 0.717) is 30.8 Å². The van der Waals surface area contributed by atoms with Crippen molar-refractivity contribution in [2.24, 2.45) is 0 Å². The fourth-order valence-electron chi connectivity index (χ4n) is 2.79. The number of aromatic nitrogens is 1. The first-order valence-electron chi connectivity index (χ1n) is 7.89. The molecule has 2 amide bonds. The summed E-state index contributed by atoms with van der Waals surface area (Å²) >= 11 is 5.98. The van der Waals surface area contributed by atoms with E-state index in [1.165, 1.54) is 0 Å². The highest BCUT2D eigenvalue weighted by Crippen LogP contribution is 2.24. The number of nitrogens with one attached hydrogen (secondary N) is 1. The molecule has 1 aromatic heterocycles. The Labute approximate surface area is 145 Å². The molecule has 0 spiro atoms. The SMILES string of the molecule is O=C(CCc1ccncc1)N[C@@H]1CCN(c2cccc(Cl)c2)C1=O. The van der Waals surface area contributed by atoms with Crippen LogP contribution >= 0.6 is 11.6 Å². The molecule has 124 valence electrons. The first kappa shape index (κ1) is 16.5. The zero-order chi connectivity index (χ0) is 16.9. The lowest BCUT2D eigenvalue weighted by Crippen LogP contribution is -2.41. The molecule has 0 unspecified atom stereocenters. The fraction of sp³-hybridized carbons (Fsp3) is 0.278. The summed E-state index contributed by atoms with van der Waals surface area (Å²) < 4.78 is 0. The van der Waals surface area contributed by atoms with Gasteiger partial charge >= 0.3 is 0 Å². The second-order valence-electron chi connectivity index (χ2n) is 5.73. The molecule has 0 radical (unpaired) electrons. The van der Waals surface area contributed by atoms with Gasteiger partial charge in [-0.05, 0) is 48.7 Å². The molecule has 24 heavy (non-hydrogen) atoms. The average Bonchev–Trinajstić information content (AvgIpc) is 2.95. The van der Waals surface area contributed by atoms with Gasteiger partial charge in [-0.2, -0.15) is 0 Å².